The van der Waals surface area contributed by atoms with Gasteiger partial charge in [0, 0.05) is 12.4 Å². The van der Waals surface area contributed by atoms with Crippen LogP contribution in [0.25, 0.3) is 21.8 Å². The first kappa shape index (κ1) is 9.15. The number of anilines is 1. The molecule has 3 rings (SSSR count). The van der Waals surface area contributed by atoms with Gasteiger partial charge >= 0.3 is 0 Å². The third kappa shape index (κ3) is 1.10. The van der Waals surface area contributed by atoms with E-state index in [1.165, 1.54) is 0 Å². The van der Waals surface area contributed by atoms with E-state index in [1.54, 1.807) is 6.20 Å². The minimum Gasteiger partial charge on any atom is -0.383 e. The largest absolute Gasteiger partial charge is 0.383 e. The molecule has 2 N–H and O–H groups in total. The Labute approximate surface area is 92.7 Å². The van der Waals surface area contributed by atoms with E-state index in [4.69, 9.17) is 5.73 Å². The molecule has 16 heavy (non-hydrogen) atoms. The summed E-state index contributed by atoms with van der Waals surface area (Å²) in [4.78, 5) is 4.38. The van der Waals surface area contributed by atoms with Gasteiger partial charge in [0.15, 0.2) is 0 Å². The molecule has 2 aromatic heterocycles. The summed E-state index contributed by atoms with van der Waals surface area (Å²) in [6.07, 6.45) is 1.75. The summed E-state index contributed by atoms with van der Waals surface area (Å²) in [6, 6.07) is 7.11. The lowest BCUT2D eigenvalue weighted by Crippen LogP contribution is -1.95. The predicted octanol–water partition coefficient (Wildman–Crippen LogP) is 1.81. The first-order valence-electron chi connectivity index (χ1n) is 5.06. The number of fused-ring (bicyclic) bond motifs is 3. The van der Waals surface area contributed by atoms with Crippen LogP contribution in [0.15, 0.2) is 18.3 Å². The number of nitrogens with zero attached hydrogens (tertiary/aromatic N) is 3. The van der Waals surface area contributed by atoms with E-state index in [-0.39, 0.29) is 0 Å². The number of pyridine rings is 1. The maximum atomic E-state index is 5.91. The normalized spacial score (nSPS) is 11.4. The Kier molecular flexibility index (Phi) is 1.68. The van der Waals surface area contributed by atoms with Gasteiger partial charge < -0.3 is 5.73 Å². The number of aromatic nitrogens is 3. The topological polar surface area (TPSA) is 56.7 Å². The second-order valence-corrected chi connectivity index (χ2v) is 3.94. The zero-order valence-corrected chi connectivity index (χ0v) is 9.15. The average molecular weight is 211 g/mol. The van der Waals surface area contributed by atoms with E-state index in [2.05, 4.69) is 16.1 Å². The maximum absolute atomic E-state index is 5.91. The molecule has 0 spiro atoms. The number of nitrogens with two attached hydrogens (primary N) is 1. The monoisotopic (exact) mass is 211 g/mol. The van der Waals surface area contributed by atoms with Crippen LogP contribution in [0, 0.1) is 13.0 Å². The molecule has 4 nitrogen and oxygen atoms in total. The Bertz CT molecular complexity index is 697. The summed E-state index contributed by atoms with van der Waals surface area (Å²) < 4.78 is 1.82. The Morgan fingerprint density at radius 3 is 3.00 bits per heavy atom. The fourth-order valence-corrected chi connectivity index (χ4v) is 2.00. The van der Waals surface area contributed by atoms with Crippen molar-refractivity contribution in [2.24, 2.45) is 7.05 Å². The highest BCUT2D eigenvalue weighted by molar-refractivity contribution is 6.07. The number of nitrogen functional groups attached to an aromatic ring is 1. The molecule has 3 aromatic rings. The minimum atomic E-state index is 0.529. The van der Waals surface area contributed by atoms with Crippen LogP contribution in [-0.4, -0.2) is 14.8 Å². The molecule has 0 saturated heterocycles. The smallest absolute Gasteiger partial charge is 0.135 e. The van der Waals surface area contributed by atoms with E-state index in [1.807, 2.05) is 30.8 Å². The van der Waals surface area contributed by atoms with Gasteiger partial charge in [-0.15, -0.1) is 0 Å². The molecular formula is C12H11N4. The molecule has 0 bridgehead atoms. The van der Waals surface area contributed by atoms with Crippen LogP contribution in [0.2, 0.25) is 0 Å². The van der Waals surface area contributed by atoms with Crippen molar-refractivity contribution in [3.63, 3.8) is 0 Å². The van der Waals surface area contributed by atoms with Crippen molar-refractivity contribution in [2.75, 3.05) is 5.73 Å². The van der Waals surface area contributed by atoms with Crippen molar-refractivity contribution in [1.82, 2.24) is 14.8 Å². The third-order valence-corrected chi connectivity index (χ3v) is 2.78. The average Bonchev–Trinajstić information content (AvgIpc) is 2.61. The fraction of sp³-hybridized carbons (Fsp3) is 0.167. The van der Waals surface area contributed by atoms with Crippen LogP contribution in [0.5, 0.6) is 0 Å². The SMILES string of the molecule is Cc1[c]cc2c(c1)nc(N)c1cnn(C)c12. The van der Waals surface area contributed by atoms with Crippen LogP contribution in [-0.2, 0) is 7.05 Å². The summed E-state index contributed by atoms with van der Waals surface area (Å²) >= 11 is 0. The highest BCUT2D eigenvalue weighted by atomic mass is 15.3. The van der Waals surface area contributed by atoms with Crippen molar-refractivity contribution in [1.29, 1.82) is 0 Å². The van der Waals surface area contributed by atoms with Gasteiger partial charge in [-0.1, -0.05) is 0 Å². The molecule has 0 amide bonds. The van der Waals surface area contributed by atoms with Gasteiger partial charge in [-0.2, -0.15) is 5.10 Å². The van der Waals surface area contributed by atoms with Crippen molar-refractivity contribution < 1.29 is 0 Å². The summed E-state index contributed by atoms with van der Waals surface area (Å²) in [6.45, 7) is 1.99. The third-order valence-electron chi connectivity index (χ3n) is 2.78. The summed E-state index contributed by atoms with van der Waals surface area (Å²) in [5, 5.41) is 6.14. The van der Waals surface area contributed by atoms with Gasteiger partial charge in [0.25, 0.3) is 0 Å². The molecule has 1 aromatic carbocycles. The van der Waals surface area contributed by atoms with E-state index in [9.17, 15) is 0 Å². The van der Waals surface area contributed by atoms with Crippen LogP contribution >= 0.6 is 0 Å². The van der Waals surface area contributed by atoms with Gasteiger partial charge in [0.1, 0.15) is 5.82 Å². The highest BCUT2D eigenvalue weighted by Crippen LogP contribution is 2.27. The first-order valence-corrected chi connectivity index (χ1v) is 5.06. The lowest BCUT2D eigenvalue weighted by Gasteiger charge is -2.04. The van der Waals surface area contributed by atoms with E-state index in [0.29, 0.717) is 5.82 Å². The molecule has 0 aliphatic heterocycles. The molecule has 2 heterocycles. The molecule has 4 heteroatoms. The number of benzene rings is 1. The quantitative estimate of drug-likeness (QED) is 0.617. The van der Waals surface area contributed by atoms with Crippen molar-refractivity contribution in [2.45, 2.75) is 6.92 Å². The van der Waals surface area contributed by atoms with Crippen molar-refractivity contribution in [3.8, 4) is 0 Å². The van der Waals surface area contributed by atoms with Gasteiger partial charge in [-0.05, 0) is 30.7 Å². The summed E-state index contributed by atoms with van der Waals surface area (Å²) in [7, 11) is 1.90. The number of aryl methyl sites for hydroxylation is 2. The molecule has 0 atom stereocenters. The minimum absolute atomic E-state index is 0.529. The fourth-order valence-electron chi connectivity index (χ4n) is 2.00. The molecule has 0 fully saturated rings. The Morgan fingerprint density at radius 1 is 1.38 bits per heavy atom. The number of hydrogen-bond acceptors (Lipinski definition) is 3. The second kappa shape index (κ2) is 2.95. The Hall–Kier alpha value is -2.10. The Morgan fingerprint density at radius 2 is 2.19 bits per heavy atom. The van der Waals surface area contributed by atoms with E-state index in [0.717, 1.165) is 27.4 Å². The van der Waals surface area contributed by atoms with Crippen LogP contribution < -0.4 is 5.73 Å². The predicted molar refractivity (Wildman–Crippen MR) is 64.0 cm³/mol. The van der Waals surface area contributed by atoms with Gasteiger partial charge in [0.05, 0.1) is 22.6 Å². The molecule has 1 radical (unpaired) electrons. The maximum Gasteiger partial charge on any atom is 0.135 e. The second-order valence-electron chi connectivity index (χ2n) is 3.94. The van der Waals surface area contributed by atoms with E-state index >= 15 is 0 Å². The lowest BCUT2D eigenvalue weighted by molar-refractivity contribution is 0.799. The van der Waals surface area contributed by atoms with Crippen LogP contribution in [0.3, 0.4) is 0 Å². The molecule has 0 aliphatic carbocycles. The van der Waals surface area contributed by atoms with Gasteiger partial charge in [-0.25, -0.2) is 4.98 Å². The summed E-state index contributed by atoms with van der Waals surface area (Å²) in [5.74, 6) is 0.529. The molecule has 0 unspecified atom stereocenters. The standard InChI is InChI=1S/C12H11N4/c1-7-3-4-8-10(5-7)15-12(13)9-6-14-16(2)11(8)9/h4-6H,1-2H3,(H2,13,15). The molecule has 0 aliphatic rings. The number of hydrogen-bond donors (Lipinski definition) is 1. The lowest BCUT2D eigenvalue weighted by atomic mass is 10.1. The zero-order chi connectivity index (χ0) is 11.3. The number of rotatable bonds is 0. The van der Waals surface area contributed by atoms with Gasteiger partial charge in [-0.3, -0.25) is 4.68 Å². The summed E-state index contributed by atoms with van der Waals surface area (Å²) in [5.41, 5.74) is 8.87. The molecule has 79 valence electrons. The van der Waals surface area contributed by atoms with Crippen LogP contribution in [0.1, 0.15) is 5.56 Å². The van der Waals surface area contributed by atoms with Crippen LogP contribution in [0.4, 0.5) is 5.82 Å². The van der Waals surface area contributed by atoms with E-state index < -0.39 is 0 Å². The van der Waals surface area contributed by atoms with Crippen molar-refractivity contribution in [3.05, 3.63) is 30.0 Å². The Balaban J connectivity index is 2.62. The molecule has 0 saturated carbocycles. The van der Waals surface area contributed by atoms with Gasteiger partial charge in [0.2, 0.25) is 0 Å². The zero-order valence-electron chi connectivity index (χ0n) is 9.15. The van der Waals surface area contributed by atoms with Crippen molar-refractivity contribution >= 4 is 27.6 Å². The first-order chi connectivity index (χ1) is 7.66. The highest BCUT2D eigenvalue weighted by Gasteiger charge is 2.09. The molecular weight excluding hydrogens is 200 g/mol.